The first kappa shape index (κ1) is 17.5. The Morgan fingerprint density at radius 2 is 1.90 bits per heavy atom. The summed E-state index contributed by atoms with van der Waals surface area (Å²) >= 11 is 5.93. The number of carbonyl (C=O) groups excluding carboxylic acids is 2. The normalized spacial score (nSPS) is 11.8. The molecular formula is C16H23ClN2O2. The maximum atomic E-state index is 11.8. The van der Waals surface area contributed by atoms with Gasteiger partial charge < -0.3 is 10.6 Å². The van der Waals surface area contributed by atoms with Crippen molar-refractivity contribution in [3.05, 3.63) is 29.3 Å². The van der Waals surface area contributed by atoms with Crippen molar-refractivity contribution in [1.82, 2.24) is 5.32 Å². The Labute approximate surface area is 131 Å². The first-order chi connectivity index (χ1) is 10.1. The number of para-hydroxylation sites is 1. The molecule has 0 saturated carbocycles. The zero-order chi connectivity index (χ0) is 15.7. The molecule has 0 aliphatic carbocycles. The van der Waals surface area contributed by atoms with E-state index >= 15 is 0 Å². The van der Waals surface area contributed by atoms with Gasteiger partial charge in [0.2, 0.25) is 0 Å². The molecule has 1 atom stereocenters. The third-order valence-corrected chi connectivity index (χ3v) is 3.75. The van der Waals surface area contributed by atoms with Crippen molar-refractivity contribution >= 4 is 29.1 Å². The lowest BCUT2D eigenvalue weighted by Gasteiger charge is -2.15. The molecule has 0 spiro atoms. The third kappa shape index (κ3) is 6.17. The smallest absolute Gasteiger partial charge is 0.313 e. The topological polar surface area (TPSA) is 58.2 Å². The summed E-state index contributed by atoms with van der Waals surface area (Å²) in [6, 6.07) is 6.82. The average molecular weight is 311 g/mol. The lowest BCUT2D eigenvalue weighted by Crippen LogP contribution is -2.38. The number of hydrogen-bond acceptors (Lipinski definition) is 2. The zero-order valence-corrected chi connectivity index (χ0v) is 13.4. The number of amides is 2. The Hall–Kier alpha value is -1.55. The summed E-state index contributed by atoms with van der Waals surface area (Å²) in [6.45, 7) is 4.77. The highest BCUT2D eigenvalue weighted by Gasteiger charge is 2.16. The Bertz CT molecular complexity index is 477. The molecule has 116 valence electrons. The molecule has 2 amide bonds. The Morgan fingerprint density at radius 3 is 2.52 bits per heavy atom. The second-order valence-corrected chi connectivity index (χ2v) is 5.47. The van der Waals surface area contributed by atoms with Gasteiger partial charge in [-0.05, 0) is 24.5 Å². The van der Waals surface area contributed by atoms with E-state index in [0.717, 1.165) is 25.7 Å². The van der Waals surface area contributed by atoms with Crippen LogP contribution in [0.25, 0.3) is 0 Å². The third-order valence-electron chi connectivity index (χ3n) is 3.42. The van der Waals surface area contributed by atoms with Gasteiger partial charge in [-0.15, -0.1) is 0 Å². The summed E-state index contributed by atoms with van der Waals surface area (Å²) in [5, 5.41) is 5.61. The number of benzene rings is 1. The molecule has 0 radical (unpaired) electrons. The summed E-state index contributed by atoms with van der Waals surface area (Å²) < 4.78 is 0. The van der Waals surface area contributed by atoms with Crippen molar-refractivity contribution in [2.45, 2.75) is 39.5 Å². The number of halogens is 1. The maximum Gasteiger partial charge on any atom is 0.313 e. The first-order valence-electron chi connectivity index (χ1n) is 7.42. The van der Waals surface area contributed by atoms with Gasteiger partial charge in [0.15, 0.2) is 0 Å². The summed E-state index contributed by atoms with van der Waals surface area (Å²) in [7, 11) is 0. The van der Waals surface area contributed by atoms with Gasteiger partial charge in [0.25, 0.3) is 0 Å². The number of nitrogens with one attached hydrogen (secondary N) is 2. The summed E-state index contributed by atoms with van der Waals surface area (Å²) in [5.41, 5.74) is 0.442. The SMILES string of the molecule is CCCCC(CC)CNC(=O)C(=O)Nc1ccccc1Cl. The standard InChI is InChI=1S/C16H23ClN2O2/c1-3-5-8-12(4-2)11-18-15(20)16(21)19-14-10-7-6-9-13(14)17/h6-7,9-10,12H,3-5,8,11H2,1-2H3,(H,18,20)(H,19,21). The van der Waals surface area contributed by atoms with E-state index in [1.807, 2.05) is 0 Å². The number of unbranched alkanes of at least 4 members (excludes halogenated alkanes) is 1. The molecule has 0 bridgehead atoms. The second kappa shape index (κ2) is 9.40. The monoisotopic (exact) mass is 310 g/mol. The fourth-order valence-corrected chi connectivity index (χ4v) is 2.19. The molecule has 2 N–H and O–H groups in total. The summed E-state index contributed by atoms with van der Waals surface area (Å²) in [4.78, 5) is 23.6. The van der Waals surface area contributed by atoms with Crippen LogP contribution in [0.15, 0.2) is 24.3 Å². The van der Waals surface area contributed by atoms with E-state index in [2.05, 4.69) is 24.5 Å². The molecular weight excluding hydrogens is 288 g/mol. The predicted octanol–water partition coefficient (Wildman–Crippen LogP) is 3.61. The molecule has 5 heteroatoms. The van der Waals surface area contributed by atoms with Crippen LogP contribution in [-0.4, -0.2) is 18.4 Å². The molecule has 4 nitrogen and oxygen atoms in total. The van der Waals surface area contributed by atoms with Gasteiger partial charge in [-0.25, -0.2) is 0 Å². The van der Waals surface area contributed by atoms with Crippen LogP contribution in [0.1, 0.15) is 39.5 Å². The van der Waals surface area contributed by atoms with E-state index < -0.39 is 11.8 Å². The number of hydrogen-bond donors (Lipinski definition) is 2. The molecule has 0 aromatic heterocycles. The number of anilines is 1. The minimum Gasteiger partial charge on any atom is -0.348 e. The highest BCUT2D eigenvalue weighted by atomic mass is 35.5. The molecule has 0 saturated heterocycles. The summed E-state index contributed by atoms with van der Waals surface area (Å²) in [5.74, 6) is -0.889. The summed E-state index contributed by atoms with van der Waals surface area (Å²) in [6.07, 6.45) is 4.34. The van der Waals surface area contributed by atoms with E-state index in [0.29, 0.717) is 23.2 Å². The fourth-order valence-electron chi connectivity index (χ4n) is 2.00. The van der Waals surface area contributed by atoms with Crippen LogP contribution in [0.2, 0.25) is 5.02 Å². The van der Waals surface area contributed by atoms with Gasteiger partial charge in [-0.1, -0.05) is 56.8 Å². The lowest BCUT2D eigenvalue weighted by molar-refractivity contribution is -0.136. The minimum absolute atomic E-state index is 0.410. The lowest BCUT2D eigenvalue weighted by atomic mass is 9.99. The van der Waals surface area contributed by atoms with Crippen LogP contribution in [0.4, 0.5) is 5.69 Å². The van der Waals surface area contributed by atoms with Crippen molar-refractivity contribution in [1.29, 1.82) is 0 Å². The van der Waals surface area contributed by atoms with Crippen LogP contribution in [-0.2, 0) is 9.59 Å². The molecule has 21 heavy (non-hydrogen) atoms. The van der Waals surface area contributed by atoms with E-state index in [9.17, 15) is 9.59 Å². The van der Waals surface area contributed by atoms with Crippen molar-refractivity contribution < 1.29 is 9.59 Å². The van der Waals surface area contributed by atoms with Crippen LogP contribution in [0, 0.1) is 5.92 Å². The molecule has 0 aliphatic heterocycles. The Morgan fingerprint density at radius 1 is 1.19 bits per heavy atom. The number of carbonyl (C=O) groups is 2. The quantitative estimate of drug-likeness (QED) is 0.756. The van der Waals surface area contributed by atoms with Crippen LogP contribution in [0.5, 0.6) is 0 Å². The molecule has 1 aromatic rings. The van der Waals surface area contributed by atoms with Gasteiger partial charge in [-0.3, -0.25) is 9.59 Å². The molecule has 0 heterocycles. The molecule has 0 fully saturated rings. The van der Waals surface area contributed by atoms with Gasteiger partial charge in [-0.2, -0.15) is 0 Å². The highest BCUT2D eigenvalue weighted by Crippen LogP contribution is 2.20. The largest absolute Gasteiger partial charge is 0.348 e. The minimum atomic E-state index is -0.687. The van der Waals surface area contributed by atoms with Gasteiger partial charge in [0, 0.05) is 6.54 Å². The molecule has 0 aliphatic rings. The Balaban J connectivity index is 2.44. The van der Waals surface area contributed by atoms with Crippen LogP contribution in [0.3, 0.4) is 0 Å². The van der Waals surface area contributed by atoms with Crippen molar-refractivity contribution in [2.24, 2.45) is 5.92 Å². The molecule has 1 rings (SSSR count). The van der Waals surface area contributed by atoms with E-state index in [1.165, 1.54) is 0 Å². The van der Waals surface area contributed by atoms with Crippen LogP contribution >= 0.6 is 11.6 Å². The highest BCUT2D eigenvalue weighted by molar-refractivity contribution is 6.41. The average Bonchev–Trinajstić information content (AvgIpc) is 2.49. The maximum absolute atomic E-state index is 11.8. The van der Waals surface area contributed by atoms with Gasteiger partial charge in [0.1, 0.15) is 0 Å². The van der Waals surface area contributed by atoms with Crippen molar-refractivity contribution in [3.63, 3.8) is 0 Å². The Kier molecular flexibility index (Phi) is 7.83. The van der Waals surface area contributed by atoms with Gasteiger partial charge >= 0.3 is 11.8 Å². The second-order valence-electron chi connectivity index (χ2n) is 5.06. The predicted molar refractivity (Wildman–Crippen MR) is 86.4 cm³/mol. The molecule has 1 unspecified atom stereocenters. The zero-order valence-electron chi connectivity index (χ0n) is 12.6. The van der Waals surface area contributed by atoms with E-state index in [-0.39, 0.29) is 0 Å². The van der Waals surface area contributed by atoms with Gasteiger partial charge in [0.05, 0.1) is 10.7 Å². The van der Waals surface area contributed by atoms with Crippen LogP contribution < -0.4 is 10.6 Å². The first-order valence-corrected chi connectivity index (χ1v) is 7.80. The fraction of sp³-hybridized carbons (Fsp3) is 0.500. The van der Waals surface area contributed by atoms with E-state index in [4.69, 9.17) is 11.6 Å². The van der Waals surface area contributed by atoms with Crippen molar-refractivity contribution in [3.8, 4) is 0 Å². The molecule has 1 aromatic carbocycles. The van der Waals surface area contributed by atoms with Crippen molar-refractivity contribution in [2.75, 3.05) is 11.9 Å². The number of rotatable bonds is 7. The van der Waals surface area contributed by atoms with E-state index in [1.54, 1.807) is 24.3 Å².